The quantitative estimate of drug-likeness (QED) is 0.532. The molecule has 1 aromatic carbocycles. The molecular weight excluding hydrogens is 380 g/mol. The number of nitrogens with zero attached hydrogens (tertiary/aromatic N) is 5. The number of ether oxygens (including phenoxy) is 1. The Morgan fingerprint density at radius 2 is 2.17 bits per heavy atom. The highest BCUT2D eigenvalue weighted by Gasteiger charge is 2.29. The second kappa shape index (κ2) is 7.87. The molecule has 0 bridgehead atoms. The number of hydrogen-bond donors (Lipinski definition) is 1. The monoisotopic (exact) mass is 402 g/mol. The normalized spacial score (nSPS) is 15.7. The lowest BCUT2D eigenvalue weighted by molar-refractivity contribution is -0.125. The van der Waals surface area contributed by atoms with E-state index in [0.717, 1.165) is 23.3 Å². The van der Waals surface area contributed by atoms with Gasteiger partial charge in [0.25, 0.3) is 0 Å². The minimum atomic E-state index is -0.0866. The number of aromatic nitrogens is 4. The Labute approximate surface area is 174 Å². The van der Waals surface area contributed by atoms with Crippen LogP contribution in [-0.2, 0) is 4.79 Å². The van der Waals surface area contributed by atoms with Crippen molar-refractivity contribution in [1.29, 1.82) is 0 Å². The number of carbonyl (C=O) groups excluding carboxylic acids is 1. The van der Waals surface area contributed by atoms with E-state index in [9.17, 15) is 4.79 Å². The summed E-state index contributed by atoms with van der Waals surface area (Å²) in [7, 11) is 1.63. The SMILES string of the molecule is C=CC(=O)N1CC[C@H](n2nc(C#Cc3cc(C)cc(OC)c3)c3c(N)ncnc32)C1. The summed E-state index contributed by atoms with van der Waals surface area (Å²) in [4.78, 5) is 22.2. The van der Waals surface area contributed by atoms with Crippen LogP contribution in [0, 0.1) is 18.8 Å². The van der Waals surface area contributed by atoms with Gasteiger partial charge in [0.05, 0.1) is 18.5 Å². The number of amides is 1. The molecule has 1 aliphatic rings. The summed E-state index contributed by atoms with van der Waals surface area (Å²) >= 11 is 0. The van der Waals surface area contributed by atoms with Gasteiger partial charge in [0.2, 0.25) is 5.91 Å². The first kappa shape index (κ1) is 19.5. The van der Waals surface area contributed by atoms with Crippen molar-refractivity contribution in [2.75, 3.05) is 25.9 Å². The second-order valence-corrected chi connectivity index (χ2v) is 7.17. The third-order valence-corrected chi connectivity index (χ3v) is 5.13. The number of carbonyl (C=O) groups is 1. The molecule has 4 rings (SSSR count). The van der Waals surface area contributed by atoms with Gasteiger partial charge < -0.3 is 15.4 Å². The number of nitrogens with two attached hydrogens (primary N) is 1. The van der Waals surface area contributed by atoms with Crippen LogP contribution in [0.2, 0.25) is 0 Å². The zero-order valence-corrected chi connectivity index (χ0v) is 16.9. The molecule has 0 unspecified atom stereocenters. The molecular formula is C22H22N6O2. The molecule has 1 fully saturated rings. The standard InChI is InChI=1S/C22H22N6O2/c1-4-19(29)27-8-7-16(12-27)28-22-20(21(23)24-13-25-22)18(26-28)6-5-15-9-14(2)10-17(11-15)30-3/h4,9-11,13,16H,1,7-8,12H2,2-3H3,(H2,23,24,25)/t16-/m0/s1. The van der Waals surface area contributed by atoms with Gasteiger partial charge in [-0.25, -0.2) is 14.6 Å². The number of aryl methyl sites for hydroxylation is 1. The molecule has 0 aliphatic carbocycles. The van der Waals surface area contributed by atoms with Crippen LogP contribution in [0.25, 0.3) is 11.0 Å². The third kappa shape index (κ3) is 3.57. The van der Waals surface area contributed by atoms with Gasteiger partial charge in [0.1, 0.15) is 23.6 Å². The van der Waals surface area contributed by atoms with Crippen LogP contribution < -0.4 is 10.5 Å². The van der Waals surface area contributed by atoms with Crippen LogP contribution >= 0.6 is 0 Å². The van der Waals surface area contributed by atoms with Gasteiger partial charge in [0, 0.05) is 18.7 Å². The largest absolute Gasteiger partial charge is 0.497 e. The van der Waals surface area contributed by atoms with E-state index in [4.69, 9.17) is 15.6 Å². The summed E-state index contributed by atoms with van der Waals surface area (Å²) < 4.78 is 7.13. The number of hydrogen-bond acceptors (Lipinski definition) is 6. The first-order valence-corrected chi connectivity index (χ1v) is 9.58. The molecule has 1 amide bonds. The summed E-state index contributed by atoms with van der Waals surface area (Å²) in [5.41, 5.74) is 9.13. The second-order valence-electron chi connectivity index (χ2n) is 7.17. The molecule has 30 heavy (non-hydrogen) atoms. The lowest BCUT2D eigenvalue weighted by atomic mass is 10.1. The Bertz CT molecular complexity index is 1200. The number of methoxy groups -OCH3 is 1. The molecule has 0 spiro atoms. The summed E-state index contributed by atoms with van der Waals surface area (Å²) in [6.07, 6.45) is 3.51. The number of benzene rings is 1. The van der Waals surface area contributed by atoms with Gasteiger partial charge in [-0.15, -0.1) is 0 Å². The zero-order chi connectivity index (χ0) is 21.3. The fourth-order valence-electron chi connectivity index (χ4n) is 3.68. The number of likely N-dealkylation sites (tertiary alicyclic amines) is 1. The molecule has 8 heteroatoms. The van der Waals surface area contributed by atoms with Crippen LogP contribution in [0.4, 0.5) is 5.82 Å². The average Bonchev–Trinajstić information content (AvgIpc) is 3.37. The molecule has 152 valence electrons. The van der Waals surface area contributed by atoms with Crippen molar-refractivity contribution in [1.82, 2.24) is 24.6 Å². The summed E-state index contributed by atoms with van der Waals surface area (Å²) in [5, 5.41) is 5.32. The van der Waals surface area contributed by atoms with E-state index < -0.39 is 0 Å². The van der Waals surface area contributed by atoms with Gasteiger partial charge in [-0.05, 0) is 49.1 Å². The maximum Gasteiger partial charge on any atom is 0.246 e. The van der Waals surface area contributed by atoms with E-state index >= 15 is 0 Å². The molecule has 1 saturated heterocycles. The minimum Gasteiger partial charge on any atom is -0.497 e. The lowest BCUT2D eigenvalue weighted by Gasteiger charge is -2.14. The van der Waals surface area contributed by atoms with Crippen LogP contribution in [0.15, 0.2) is 37.2 Å². The summed E-state index contributed by atoms with van der Waals surface area (Å²) in [6, 6.07) is 5.77. The molecule has 3 heterocycles. The molecule has 3 aromatic rings. The van der Waals surface area contributed by atoms with Gasteiger partial charge >= 0.3 is 0 Å². The first-order chi connectivity index (χ1) is 14.5. The van der Waals surface area contributed by atoms with Crippen molar-refractivity contribution >= 4 is 22.8 Å². The van der Waals surface area contributed by atoms with Gasteiger partial charge in [-0.1, -0.05) is 12.5 Å². The Morgan fingerprint density at radius 1 is 1.33 bits per heavy atom. The van der Waals surface area contributed by atoms with Crippen molar-refractivity contribution in [2.45, 2.75) is 19.4 Å². The first-order valence-electron chi connectivity index (χ1n) is 9.58. The molecule has 8 nitrogen and oxygen atoms in total. The number of fused-ring (bicyclic) bond motifs is 1. The lowest BCUT2D eigenvalue weighted by Crippen LogP contribution is -2.27. The van der Waals surface area contributed by atoms with E-state index in [1.54, 1.807) is 12.0 Å². The van der Waals surface area contributed by atoms with E-state index in [2.05, 4.69) is 28.4 Å². The summed E-state index contributed by atoms with van der Waals surface area (Å²) in [6.45, 7) is 6.72. The fourth-order valence-corrected chi connectivity index (χ4v) is 3.68. The minimum absolute atomic E-state index is 0.0136. The summed E-state index contributed by atoms with van der Waals surface area (Å²) in [5.74, 6) is 7.25. The maximum atomic E-state index is 12.0. The van der Waals surface area contributed by atoms with E-state index in [1.165, 1.54) is 12.4 Å². The Kier molecular flexibility index (Phi) is 5.11. The Morgan fingerprint density at radius 3 is 2.93 bits per heavy atom. The van der Waals surface area contributed by atoms with Gasteiger partial charge in [-0.2, -0.15) is 5.10 Å². The Balaban J connectivity index is 1.75. The zero-order valence-electron chi connectivity index (χ0n) is 16.9. The van der Waals surface area contributed by atoms with Crippen molar-refractivity contribution in [3.63, 3.8) is 0 Å². The number of nitrogen functional groups attached to an aromatic ring is 1. The van der Waals surface area contributed by atoms with E-state index in [0.29, 0.717) is 35.6 Å². The number of anilines is 1. The van der Waals surface area contributed by atoms with E-state index in [-0.39, 0.29) is 11.9 Å². The molecule has 1 atom stereocenters. The van der Waals surface area contributed by atoms with Crippen LogP contribution in [-0.4, -0.2) is 50.8 Å². The highest BCUT2D eigenvalue weighted by molar-refractivity contribution is 5.91. The fraction of sp³-hybridized carbons (Fsp3) is 0.273. The molecule has 2 aromatic heterocycles. The smallest absolute Gasteiger partial charge is 0.246 e. The van der Waals surface area contributed by atoms with Crippen molar-refractivity contribution in [3.05, 3.63) is 54.0 Å². The number of rotatable bonds is 3. The van der Waals surface area contributed by atoms with Crippen LogP contribution in [0.5, 0.6) is 5.75 Å². The van der Waals surface area contributed by atoms with Crippen molar-refractivity contribution in [3.8, 4) is 17.6 Å². The molecule has 0 saturated carbocycles. The molecule has 0 radical (unpaired) electrons. The highest BCUT2D eigenvalue weighted by atomic mass is 16.5. The maximum absolute atomic E-state index is 12.0. The average molecular weight is 402 g/mol. The molecule has 2 N–H and O–H groups in total. The Hall–Kier alpha value is -3.86. The predicted molar refractivity (Wildman–Crippen MR) is 114 cm³/mol. The van der Waals surface area contributed by atoms with Crippen LogP contribution in [0.3, 0.4) is 0 Å². The van der Waals surface area contributed by atoms with Gasteiger partial charge in [-0.3, -0.25) is 4.79 Å². The third-order valence-electron chi connectivity index (χ3n) is 5.13. The van der Waals surface area contributed by atoms with Crippen LogP contribution in [0.1, 0.15) is 29.3 Å². The van der Waals surface area contributed by atoms with E-state index in [1.807, 2.05) is 29.8 Å². The topological polar surface area (TPSA) is 99.2 Å². The highest BCUT2D eigenvalue weighted by Crippen LogP contribution is 2.28. The molecule has 1 aliphatic heterocycles. The van der Waals surface area contributed by atoms with Crippen molar-refractivity contribution in [2.24, 2.45) is 0 Å². The van der Waals surface area contributed by atoms with Gasteiger partial charge in [0.15, 0.2) is 5.65 Å². The predicted octanol–water partition coefficient (Wildman–Crippen LogP) is 2.08. The van der Waals surface area contributed by atoms with Crippen molar-refractivity contribution < 1.29 is 9.53 Å².